The fourth-order valence-corrected chi connectivity index (χ4v) is 3.85. The van der Waals surface area contributed by atoms with E-state index in [2.05, 4.69) is 20.2 Å². The maximum absolute atomic E-state index is 13.8. The zero-order valence-corrected chi connectivity index (χ0v) is 17.2. The molecule has 2 fully saturated rings. The summed E-state index contributed by atoms with van der Waals surface area (Å²) in [5.41, 5.74) is 0.721. The molecular weight excluding hydrogens is 432 g/mol. The molecule has 0 radical (unpaired) electrons. The molecule has 32 heavy (non-hydrogen) atoms. The van der Waals surface area contributed by atoms with Crippen molar-refractivity contribution in [2.45, 2.75) is 43.6 Å². The fraction of sp³-hybridized carbons (Fsp3) is 0.476. The van der Waals surface area contributed by atoms with Gasteiger partial charge in [0.05, 0.1) is 24.4 Å². The van der Waals surface area contributed by atoms with Gasteiger partial charge >= 0.3 is 12.1 Å². The van der Waals surface area contributed by atoms with Gasteiger partial charge in [0.25, 0.3) is 0 Å². The minimum absolute atomic E-state index is 0.0500. The maximum Gasteiger partial charge on any atom is 0.490 e. The third kappa shape index (κ3) is 6.60. The van der Waals surface area contributed by atoms with E-state index in [4.69, 9.17) is 14.6 Å². The summed E-state index contributed by atoms with van der Waals surface area (Å²) >= 11 is 0. The highest BCUT2D eigenvalue weighted by atomic mass is 19.4. The lowest BCUT2D eigenvalue weighted by molar-refractivity contribution is -0.192. The van der Waals surface area contributed by atoms with Gasteiger partial charge in [0.1, 0.15) is 11.6 Å². The number of rotatable bonds is 4. The van der Waals surface area contributed by atoms with Gasteiger partial charge in [-0.2, -0.15) is 13.2 Å². The number of ether oxygens (including phenoxy) is 1. The number of aromatic nitrogens is 2. The fourth-order valence-electron chi connectivity index (χ4n) is 3.85. The van der Waals surface area contributed by atoms with E-state index in [9.17, 15) is 17.6 Å². The molecule has 0 saturated carbocycles. The summed E-state index contributed by atoms with van der Waals surface area (Å²) < 4.78 is 51.7. The number of aliphatic carboxylic acids is 1. The molecule has 3 heterocycles. The molecule has 7 nitrogen and oxygen atoms in total. The van der Waals surface area contributed by atoms with Gasteiger partial charge in [0.2, 0.25) is 0 Å². The Morgan fingerprint density at radius 1 is 1.25 bits per heavy atom. The molecule has 2 saturated heterocycles. The molecule has 2 N–H and O–H groups in total. The van der Waals surface area contributed by atoms with Crippen LogP contribution in [0.3, 0.4) is 0 Å². The van der Waals surface area contributed by atoms with Gasteiger partial charge in [-0.1, -0.05) is 18.2 Å². The first-order chi connectivity index (χ1) is 15.2. The number of piperidine rings is 1. The Bertz CT molecular complexity index is 890. The van der Waals surface area contributed by atoms with Gasteiger partial charge in [0.15, 0.2) is 0 Å². The summed E-state index contributed by atoms with van der Waals surface area (Å²) in [4.78, 5) is 19.6. The molecule has 2 aliphatic heterocycles. The van der Waals surface area contributed by atoms with E-state index in [1.807, 2.05) is 12.1 Å². The lowest BCUT2D eigenvalue weighted by atomic mass is 9.87. The van der Waals surface area contributed by atoms with Crippen LogP contribution in [0.15, 0.2) is 42.9 Å². The molecule has 0 aliphatic carbocycles. The topological polar surface area (TPSA) is 87.6 Å². The van der Waals surface area contributed by atoms with E-state index in [1.54, 1.807) is 24.7 Å². The Morgan fingerprint density at radius 2 is 1.94 bits per heavy atom. The number of carbonyl (C=O) groups is 1. The second-order valence-corrected chi connectivity index (χ2v) is 7.80. The first-order valence-electron chi connectivity index (χ1n) is 10.1. The number of anilines is 1. The Hall–Kier alpha value is -2.79. The van der Waals surface area contributed by atoms with Crippen LogP contribution in [0.4, 0.5) is 23.4 Å². The van der Waals surface area contributed by atoms with E-state index in [-0.39, 0.29) is 17.5 Å². The molecular formula is C21H24F4N4O3. The lowest BCUT2D eigenvalue weighted by Crippen LogP contribution is -2.44. The highest BCUT2D eigenvalue weighted by Crippen LogP contribution is 2.37. The molecule has 1 aromatic carbocycles. The summed E-state index contributed by atoms with van der Waals surface area (Å²) in [6, 6.07) is 7.30. The first kappa shape index (κ1) is 23.9. The van der Waals surface area contributed by atoms with Crippen molar-refractivity contribution in [1.29, 1.82) is 0 Å². The second-order valence-electron chi connectivity index (χ2n) is 7.80. The minimum atomic E-state index is -5.08. The van der Waals surface area contributed by atoms with Crippen LogP contribution in [0.1, 0.15) is 24.8 Å². The van der Waals surface area contributed by atoms with Crippen molar-refractivity contribution in [2.75, 3.05) is 25.0 Å². The zero-order valence-electron chi connectivity index (χ0n) is 17.2. The van der Waals surface area contributed by atoms with Crippen molar-refractivity contribution in [1.82, 2.24) is 14.9 Å². The lowest BCUT2D eigenvalue weighted by Gasteiger charge is -2.38. The van der Waals surface area contributed by atoms with Crippen molar-refractivity contribution in [3.63, 3.8) is 0 Å². The Morgan fingerprint density at radius 3 is 2.53 bits per heavy atom. The number of carboxylic acid groups (broad SMARTS) is 1. The third-order valence-electron chi connectivity index (χ3n) is 5.49. The quantitative estimate of drug-likeness (QED) is 0.681. The molecule has 0 amide bonds. The van der Waals surface area contributed by atoms with Gasteiger partial charge in [-0.3, -0.25) is 9.88 Å². The van der Waals surface area contributed by atoms with Gasteiger partial charge < -0.3 is 15.2 Å². The van der Waals surface area contributed by atoms with Gasteiger partial charge in [0, 0.05) is 37.6 Å². The van der Waals surface area contributed by atoms with E-state index in [1.165, 1.54) is 6.07 Å². The summed E-state index contributed by atoms with van der Waals surface area (Å²) in [6.45, 7) is 3.24. The molecule has 1 spiro atoms. The average Bonchev–Trinajstić information content (AvgIpc) is 3.14. The number of nitrogens with one attached hydrogen (secondary N) is 1. The van der Waals surface area contributed by atoms with E-state index < -0.39 is 12.1 Å². The van der Waals surface area contributed by atoms with Gasteiger partial charge in [-0.05, 0) is 25.3 Å². The number of carboxylic acids is 1. The summed E-state index contributed by atoms with van der Waals surface area (Å²) in [5.74, 6) is -2.08. The van der Waals surface area contributed by atoms with Crippen LogP contribution in [0, 0.1) is 5.82 Å². The van der Waals surface area contributed by atoms with Crippen molar-refractivity contribution >= 4 is 11.8 Å². The third-order valence-corrected chi connectivity index (χ3v) is 5.49. The zero-order chi connectivity index (χ0) is 23.2. The predicted molar refractivity (Wildman–Crippen MR) is 107 cm³/mol. The number of hydrogen-bond acceptors (Lipinski definition) is 6. The molecule has 2 aliphatic rings. The van der Waals surface area contributed by atoms with Gasteiger partial charge in [-0.15, -0.1) is 0 Å². The molecule has 1 atom stereocenters. The van der Waals surface area contributed by atoms with E-state index in [0.717, 1.165) is 43.7 Å². The normalized spacial score (nSPS) is 20.4. The minimum Gasteiger partial charge on any atom is -0.475 e. The van der Waals surface area contributed by atoms with Crippen LogP contribution in [0.25, 0.3) is 0 Å². The second kappa shape index (κ2) is 10.2. The number of likely N-dealkylation sites (tertiary alicyclic amines) is 1. The van der Waals surface area contributed by atoms with Crippen LogP contribution in [-0.2, 0) is 16.1 Å². The Labute approximate surface area is 182 Å². The molecule has 174 valence electrons. The van der Waals surface area contributed by atoms with Crippen LogP contribution in [-0.4, -0.2) is 63.5 Å². The van der Waals surface area contributed by atoms with Crippen LogP contribution >= 0.6 is 0 Å². The first-order valence-corrected chi connectivity index (χ1v) is 10.1. The molecule has 11 heteroatoms. The number of benzene rings is 1. The number of nitrogens with zero attached hydrogens (tertiary/aromatic N) is 3. The highest BCUT2D eigenvalue weighted by molar-refractivity contribution is 5.73. The number of hydrogen-bond donors (Lipinski definition) is 2. The molecule has 1 unspecified atom stereocenters. The van der Waals surface area contributed by atoms with E-state index in [0.29, 0.717) is 13.2 Å². The largest absolute Gasteiger partial charge is 0.490 e. The Balaban J connectivity index is 0.000000360. The summed E-state index contributed by atoms with van der Waals surface area (Å²) in [7, 11) is 0. The van der Waals surface area contributed by atoms with Crippen molar-refractivity contribution < 1.29 is 32.2 Å². The average molecular weight is 456 g/mol. The SMILES string of the molecule is Fc1ccccc1CN1CCC2(CC1)CC(Nc1cnccn1)CO2.O=C(O)C(F)(F)F. The molecule has 4 rings (SSSR count). The summed E-state index contributed by atoms with van der Waals surface area (Å²) in [5, 5.41) is 10.5. The highest BCUT2D eigenvalue weighted by Gasteiger charge is 2.42. The number of halogens is 4. The standard InChI is InChI=1S/C19H23FN4O.C2HF3O2/c20-17-4-2-1-3-15(17)13-24-9-5-19(6-10-24)11-16(14-25-19)23-18-12-21-7-8-22-18;3-2(4,5)1(6)7/h1-4,7-8,12,16H,5-6,9-11,13-14H2,(H,22,23);(H,6,7). The van der Waals surface area contributed by atoms with Crippen LogP contribution in [0.5, 0.6) is 0 Å². The maximum atomic E-state index is 13.8. The van der Waals surface area contributed by atoms with Crippen molar-refractivity contribution in [3.05, 3.63) is 54.2 Å². The van der Waals surface area contributed by atoms with Crippen LogP contribution < -0.4 is 5.32 Å². The smallest absolute Gasteiger partial charge is 0.475 e. The molecule has 1 aromatic heterocycles. The molecule has 0 bridgehead atoms. The monoisotopic (exact) mass is 456 g/mol. The number of alkyl halides is 3. The Kier molecular flexibility index (Phi) is 7.62. The molecule has 2 aromatic rings. The van der Waals surface area contributed by atoms with E-state index >= 15 is 0 Å². The predicted octanol–water partition coefficient (Wildman–Crippen LogP) is 3.48. The summed E-state index contributed by atoms with van der Waals surface area (Å²) in [6.07, 6.45) is 2.97. The van der Waals surface area contributed by atoms with Crippen molar-refractivity contribution in [2.24, 2.45) is 0 Å². The van der Waals surface area contributed by atoms with Crippen molar-refractivity contribution in [3.8, 4) is 0 Å². The van der Waals surface area contributed by atoms with Crippen LogP contribution in [0.2, 0.25) is 0 Å². The van der Waals surface area contributed by atoms with Gasteiger partial charge in [-0.25, -0.2) is 14.2 Å².